The van der Waals surface area contributed by atoms with Crippen molar-refractivity contribution in [2.75, 3.05) is 53.0 Å². The number of ether oxygens (including phenoxy) is 1. The number of hydrogen-bond donors (Lipinski definition) is 1. The van der Waals surface area contributed by atoms with Gasteiger partial charge in [-0.05, 0) is 18.9 Å². The van der Waals surface area contributed by atoms with Crippen LogP contribution in [0.2, 0.25) is 0 Å². The molecule has 1 aromatic heterocycles. The Labute approximate surface area is 167 Å². The molecule has 2 amide bonds. The lowest BCUT2D eigenvalue weighted by atomic mass is 9.96. The minimum Gasteiger partial charge on any atom is -0.379 e. The SMILES string of the molecule is CCCc1cc(CN(C)C(=O)[C@@H]2CCC(=O)N(CCN3CCOCC3)C2)[nH]n1. The number of piperidine rings is 1. The van der Waals surface area contributed by atoms with E-state index in [0.717, 1.165) is 57.1 Å². The average Bonchev–Trinajstić information content (AvgIpc) is 3.14. The lowest BCUT2D eigenvalue weighted by molar-refractivity contribution is -0.142. The average molecular weight is 392 g/mol. The van der Waals surface area contributed by atoms with Crippen LogP contribution in [0, 0.1) is 5.92 Å². The van der Waals surface area contributed by atoms with Crippen LogP contribution in [0.1, 0.15) is 37.6 Å². The van der Waals surface area contributed by atoms with Gasteiger partial charge in [-0.2, -0.15) is 5.10 Å². The molecular formula is C20H33N5O3. The molecule has 1 aromatic rings. The predicted molar refractivity (Wildman–Crippen MR) is 106 cm³/mol. The number of aromatic amines is 1. The first-order valence-corrected chi connectivity index (χ1v) is 10.4. The number of rotatable bonds is 8. The van der Waals surface area contributed by atoms with Crippen molar-refractivity contribution < 1.29 is 14.3 Å². The van der Waals surface area contributed by atoms with E-state index in [1.807, 2.05) is 18.0 Å². The molecule has 3 heterocycles. The van der Waals surface area contributed by atoms with E-state index in [0.29, 0.717) is 32.5 Å². The number of nitrogens with one attached hydrogen (secondary N) is 1. The lowest BCUT2D eigenvalue weighted by Crippen LogP contribution is -2.49. The van der Waals surface area contributed by atoms with E-state index in [2.05, 4.69) is 22.0 Å². The summed E-state index contributed by atoms with van der Waals surface area (Å²) in [5, 5.41) is 7.32. The van der Waals surface area contributed by atoms with E-state index in [4.69, 9.17) is 4.74 Å². The molecule has 0 unspecified atom stereocenters. The molecule has 2 fully saturated rings. The fourth-order valence-corrected chi connectivity index (χ4v) is 3.94. The van der Waals surface area contributed by atoms with E-state index in [1.165, 1.54) is 0 Å². The van der Waals surface area contributed by atoms with Crippen LogP contribution in [0.4, 0.5) is 0 Å². The zero-order chi connectivity index (χ0) is 19.9. The van der Waals surface area contributed by atoms with Crippen LogP contribution in [-0.4, -0.2) is 89.7 Å². The number of aryl methyl sites for hydroxylation is 1. The second kappa shape index (κ2) is 10.0. The quantitative estimate of drug-likeness (QED) is 0.712. The van der Waals surface area contributed by atoms with Gasteiger partial charge in [0.1, 0.15) is 0 Å². The van der Waals surface area contributed by atoms with Crippen LogP contribution in [0.15, 0.2) is 6.07 Å². The van der Waals surface area contributed by atoms with E-state index in [9.17, 15) is 9.59 Å². The second-order valence-corrected chi connectivity index (χ2v) is 7.86. The van der Waals surface area contributed by atoms with Crippen molar-refractivity contribution in [2.45, 2.75) is 39.2 Å². The Morgan fingerprint density at radius 3 is 2.89 bits per heavy atom. The number of morpholine rings is 1. The van der Waals surface area contributed by atoms with Crippen LogP contribution in [-0.2, 0) is 27.3 Å². The Morgan fingerprint density at radius 1 is 1.36 bits per heavy atom. The predicted octanol–water partition coefficient (Wildman–Crippen LogP) is 0.891. The summed E-state index contributed by atoms with van der Waals surface area (Å²) in [6, 6.07) is 2.03. The van der Waals surface area contributed by atoms with Gasteiger partial charge in [0.2, 0.25) is 11.8 Å². The molecule has 156 valence electrons. The van der Waals surface area contributed by atoms with Gasteiger partial charge in [0, 0.05) is 46.2 Å². The molecule has 0 aliphatic carbocycles. The summed E-state index contributed by atoms with van der Waals surface area (Å²) in [5.74, 6) is 0.152. The summed E-state index contributed by atoms with van der Waals surface area (Å²) in [6.45, 7) is 8.05. The minimum absolute atomic E-state index is 0.107. The smallest absolute Gasteiger partial charge is 0.227 e. The van der Waals surface area contributed by atoms with Crippen LogP contribution >= 0.6 is 0 Å². The van der Waals surface area contributed by atoms with Crippen LogP contribution in [0.5, 0.6) is 0 Å². The van der Waals surface area contributed by atoms with Crippen molar-refractivity contribution in [1.29, 1.82) is 0 Å². The van der Waals surface area contributed by atoms with Crippen molar-refractivity contribution >= 4 is 11.8 Å². The number of carbonyl (C=O) groups excluding carboxylic acids is 2. The monoisotopic (exact) mass is 391 g/mol. The molecule has 0 radical (unpaired) electrons. The highest BCUT2D eigenvalue weighted by Crippen LogP contribution is 2.20. The van der Waals surface area contributed by atoms with Gasteiger partial charge in [0.25, 0.3) is 0 Å². The maximum absolute atomic E-state index is 12.9. The Kier molecular flexibility index (Phi) is 7.44. The zero-order valence-electron chi connectivity index (χ0n) is 17.2. The van der Waals surface area contributed by atoms with Crippen molar-refractivity contribution in [1.82, 2.24) is 24.9 Å². The van der Waals surface area contributed by atoms with Gasteiger partial charge >= 0.3 is 0 Å². The first-order valence-electron chi connectivity index (χ1n) is 10.4. The van der Waals surface area contributed by atoms with E-state index >= 15 is 0 Å². The summed E-state index contributed by atoms with van der Waals surface area (Å²) < 4.78 is 5.37. The number of carbonyl (C=O) groups is 2. The summed E-state index contributed by atoms with van der Waals surface area (Å²) >= 11 is 0. The van der Waals surface area contributed by atoms with E-state index in [-0.39, 0.29) is 17.7 Å². The third-order valence-corrected chi connectivity index (χ3v) is 5.61. The number of aromatic nitrogens is 2. The number of H-pyrrole nitrogens is 1. The molecule has 0 bridgehead atoms. The van der Waals surface area contributed by atoms with E-state index < -0.39 is 0 Å². The van der Waals surface area contributed by atoms with Crippen LogP contribution in [0.3, 0.4) is 0 Å². The normalized spacial score (nSPS) is 21.1. The van der Waals surface area contributed by atoms with Crippen LogP contribution in [0.25, 0.3) is 0 Å². The summed E-state index contributed by atoms with van der Waals surface area (Å²) in [5.41, 5.74) is 1.99. The van der Waals surface area contributed by atoms with Crippen molar-refractivity contribution in [3.63, 3.8) is 0 Å². The first kappa shape index (κ1) is 20.8. The van der Waals surface area contributed by atoms with Crippen molar-refractivity contribution in [2.24, 2.45) is 5.92 Å². The van der Waals surface area contributed by atoms with Crippen molar-refractivity contribution in [3.05, 3.63) is 17.5 Å². The third-order valence-electron chi connectivity index (χ3n) is 5.61. The largest absolute Gasteiger partial charge is 0.379 e. The fraction of sp³-hybridized carbons (Fsp3) is 0.750. The number of nitrogens with zero attached hydrogens (tertiary/aromatic N) is 4. The standard InChI is InChI=1S/C20H33N5O3/c1-3-4-17-13-18(22-21-17)15-23(2)20(27)16-5-6-19(26)25(14-16)8-7-24-9-11-28-12-10-24/h13,16H,3-12,14-15H2,1-2H3,(H,21,22)/t16-/m1/s1. The Hall–Kier alpha value is -1.93. The molecule has 1 atom stereocenters. The van der Waals surface area contributed by atoms with Gasteiger partial charge in [-0.3, -0.25) is 19.6 Å². The van der Waals surface area contributed by atoms with Gasteiger partial charge < -0.3 is 14.5 Å². The topological polar surface area (TPSA) is 81.8 Å². The molecular weight excluding hydrogens is 358 g/mol. The maximum atomic E-state index is 12.9. The molecule has 3 rings (SSSR count). The zero-order valence-corrected chi connectivity index (χ0v) is 17.2. The Morgan fingerprint density at radius 2 is 2.14 bits per heavy atom. The fourth-order valence-electron chi connectivity index (χ4n) is 3.94. The van der Waals surface area contributed by atoms with Gasteiger partial charge in [-0.1, -0.05) is 13.3 Å². The molecule has 28 heavy (non-hydrogen) atoms. The lowest BCUT2D eigenvalue weighted by Gasteiger charge is -2.35. The first-order chi connectivity index (χ1) is 13.6. The highest BCUT2D eigenvalue weighted by atomic mass is 16.5. The van der Waals surface area contributed by atoms with Crippen molar-refractivity contribution in [3.8, 4) is 0 Å². The number of amides is 2. The molecule has 0 saturated carbocycles. The van der Waals surface area contributed by atoms with E-state index in [1.54, 1.807) is 4.90 Å². The molecule has 0 aromatic carbocycles. The molecule has 1 N–H and O–H groups in total. The molecule has 2 aliphatic heterocycles. The second-order valence-electron chi connectivity index (χ2n) is 7.86. The Bertz CT molecular complexity index is 656. The minimum atomic E-state index is -0.120. The third kappa shape index (κ3) is 5.54. The molecule has 8 heteroatoms. The molecule has 2 saturated heterocycles. The summed E-state index contributed by atoms with van der Waals surface area (Å²) in [4.78, 5) is 31.2. The van der Waals surface area contributed by atoms with Gasteiger partial charge in [0.15, 0.2) is 0 Å². The molecule has 0 spiro atoms. The van der Waals surface area contributed by atoms with Gasteiger partial charge in [0.05, 0.1) is 37.1 Å². The number of likely N-dealkylation sites (tertiary alicyclic amines) is 1. The highest BCUT2D eigenvalue weighted by molar-refractivity contribution is 5.83. The summed E-state index contributed by atoms with van der Waals surface area (Å²) in [6.07, 6.45) is 3.09. The number of hydrogen-bond acceptors (Lipinski definition) is 5. The van der Waals surface area contributed by atoms with Gasteiger partial charge in [-0.25, -0.2) is 0 Å². The molecule has 2 aliphatic rings. The summed E-state index contributed by atoms with van der Waals surface area (Å²) in [7, 11) is 1.83. The highest BCUT2D eigenvalue weighted by Gasteiger charge is 2.32. The Balaban J connectivity index is 1.49. The maximum Gasteiger partial charge on any atom is 0.227 e. The molecule has 8 nitrogen and oxygen atoms in total. The van der Waals surface area contributed by atoms with Crippen LogP contribution < -0.4 is 0 Å². The van der Waals surface area contributed by atoms with Gasteiger partial charge in [-0.15, -0.1) is 0 Å².